The minimum absolute atomic E-state index is 0.240. The molecule has 1 saturated heterocycles. The maximum Gasteiger partial charge on any atom is 0.396 e. The second-order valence-electron chi connectivity index (χ2n) is 7.86. The van der Waals surface area contributed by atoms with Crippen molar-refractivity contribution in [1.29, 1.82) is 0 Å². The van der Waals surface area contributed by atoms with Crippen molar-refractivity contribution in [2.24, 2.45) is 7.05 Å². The highest BCUT2D eigenvalue weighted by Gasteiger charge is 2.51. The molecule has 1 aliphatic heterocycles. The number of aryl methyl sites for hydroxylation is 1. The van der Waals surface area contributed by atoms with Crippen LogP contribution in [0.5, 0.6) is 0 Å². The number of hydrogen-bond acceptors (Lipinski definition) is 14. The standard InChI is InChI=1S/C20H21N7O9S/c1-9(28)33-6-13-14(34-10(2)29)15(35-11(3)30)19(36-13)26-16-12(5-24-26)18(22-7-21-16)37-20-17(27(31)32)23-8-25(20)4/h5,7-8,13-15,19H,6H2,1-4H3. The van der Waals surface area contributed by atoms with Crippen molar-refractivity contribution < 1.29 is 38.3 Å². The van der Waals surface area contributed by atoms with Gasteiger partial charge in [0.15, 0.2) is 29.1 Å². The molecule has 3 aromatic rings. The lowest BCUT2D eigenvalue weighted by Crippen LogP contribution is -2.40. The number of rotatable bonds is 8. The number of ether oxygens (including phenoxy) is 4. The number of nitro groups is 1. The Morgan fingerprint density at radius 1 is 1.11 bits per heavy atom. The lowest BCUT2D eigenvalue weighted by atomic mass is 10.1. The van der Waals surface area contributed by atoms with Gasteiger partial charge in [-0.15, -0.1) is 0 Å². The van der Waals surface area contributed by atoms with Gasteiger partial charge >= 0.3 is 23.7 Å². The first kappa shape index (κ1) is 26.0. The summed E-state index contributed by atoms with van der Waals surface area (Å²) in [7, 11) is 1.61. The van der Waals surface area contributed by atoms with E-state index in [-0.39, 0.29) is 23.1 Å². The fourth-order valence-corrected chi connectivity index (χ4v) is 4.69. The van der Waals surface area contributed by atoms with Crippen LogP contribution in [0.25, 0.3) is 11.0 Å². The molecular weight excluding hydrogens is 514 g/mol. The van der Waals surface area contributed by atoms with Crippen LogP contribution >= 0.6 is 11.8 Å². The highest BCUT2D eigenvalue weighted by molar-refractivity contribution is 7.99. The van der Waals surface area contributed by atoms with Crippen LogP contribution in [0.3, 0.4) is 0 Å². The predicted octanol–water partition coefficient (Wildman–Crippen LogP) is 0.943. The van der Waals surface area contributed by atoms with E-state index in [1.54, 1.807) is 7.05 Å². The SMILES string of the molecule is CC(=O)OCC1OC(n2ncc3c(Sc4c([N+](=O)[O-])ncn4C)ncnc32)C(OC(C)=O)C1OC(C)=O. The Morgan fingerprint density at radius 3 is 2.46 bits per heavy atom. The molecule has 4 unspecified atom stereocenters. The maximum absolute atomic E-state index is 11.9. The summed E-state index contributed by atoms with van der Waals surface area (Å²) in [5.74, 6) is -2.25. The van der Waals surface area contributed by atoms with Crippen LogP contribution in [0.15, 0.2) is 28.9 Å². The Morgan fingerprint density at radius 2 is 1.81 bits per heavy atom. The van der Waals surface area contributed by atoms with Crippen molar-refractivity contribution in [2.75, 3.05) is 6.61 Å². The molecule has 0 N–H and O–H groups in total. The van der Waals surface area contributed by atoms with Gasteiger partial charge in [0.25, 0.3) is 0 Å². The molecule has 0 spiro atoms. The van der Waals surface area contributed by atoms with E-state index in [1.807, 2.05) is 0 Å². The Kier molecular flexibility index (Phi) is 7.35. The molecule has 0 bridgehead atoms. The first-order valence-electron chi connectivity index (χ1n) is 10.7. The van der Waals surface area contributed by atoms with Crippen molar-refractivity contribution in [2.45, 2.75) is 55.4 Å². The van der Waals surface area contributed by atoms with Gasteiger partial charge in [0.2, 0.25) is 6.33 Å². The third-order valence-electron chi connectivity index (χ3n) is 5.17. The van der Waals surface area contributed by atoms with Gasteiger partial charge in [0.1, 0.15) is 24.1 Å². The van der Waals surface area contributed by atoms with Crippen LogP contribution in [0, 0.1) is 10.1 Å². The normalized spacial score (nSPS) is 21.1. The molecule has 0 radical (unpaired) electrons. The van der Waals surface area contributed by atoms with Crippen molar-refractivity contribution in [3.63, 3.8) is 0 Å². The number of hydrogen-bond donors (Lipinski definition) is 0. The fraction of sp³-hybridized carbons (Fsp3) is 0.450. The van der Waals surface area contributed by atoms with Gasteiger partial charge in [0.05, 0.1) is 11.6 Å². The van der Waals surface area contributed by atoms with E-state index in [4.69, 9.17) is 18.9 Å². The van der Waals surface area contributed by atoms with Crippen LogP contribution in [0.1, 0.15) is 27.0 Å². The molecule has 0 aromatic carbocycles. The number of fused-ring (bicyclic) bond motifs is 1. The summed E-state index contributed by atoms with van der Waals surface area (Å²) >= 11 is 0.995. The van der Waals surface area contributed by atoms with E-state index in [9.17, 15) is 24.5 Å². The van der Waals surface area contributed by atoms with Crippen molar-refractivity contribution in [1.82, 2.24) is 29.3 Å². The maximum atomic E-state index is 11.9. The van der Waals surface area contributed by atoms with E-state index in [0.29, 0.717) is 10.4 Å². The quantitative estimate of drug-likeness (QED) is 0.130. The van der Waals surface area contributed by atoms with Crippen molar-refractivity contribution in [3.05, 3.63) is 29.0 Å². The van der Waals surface area contributed by atoms with Gasteiger partial charge < -0.3 is 33.6 Å². The average molecular weight is 535 g/mol. The third kappa shape index (κ3) is 5.36. The Balaban J connectivity index is 1.73. The molecule has 4 heterocycles. The molecular formula is C20H21N7O9S. The summed E-state index contributed by atoms with van der Waals surface area (Å²) in [5.41, 5.74) is 0.249. The van der Waals surface area contributed by atoms with E-state index in [2.05, 4.69) is 20.1 Å². The molecule has 196 valence electrons. The van der Waals surface area contributed by atoms with E-state index < -0.39 is 47.4 Å². The van der Waals surface area contributed by atoms with Crippen LogP contribution in [-0.4, -0.2) is 77.0 Å². The van der Waals surface area contributed by atoms with Gasteiger partial charge in [-0.1, -0.05) is 0 Å². The molecule has 4 rings (SSSR count). The summed E-state index contributed by atoms with van der Waals surface area (Å²) in [6.07, 6.45) is -0.391. The zero-order valence-electron chi connectivity index (χ0n) is 20.0. The summed E-state index contributed by atoms with van der Waals surface area (Å²) in [5, 5.41) is 16.7. The lowest BCUT2D eigenvalue weighted by Gasteiger charge is -2.23. The molecule has 1 aliphatic rings. The largest absolute Gasteiger partial charge is 0.463 e. The average Bonchev–Trinajstić information content (AvgIpc) is 3.49. The lowest BCUT2D eigenvalue weighted by molar-refractivity contribution is -0.392. The minimum atomic E-state index is -1.16. The Bertz CT molecular complexity index is 1370. The minimum Gasteiger partial charge on any atom is -0.463 e. The number of esters is 3. The second kappa shape index (κ2) is 10.5. The Labute approximate surface area is 212 Å². The smallest absolute Gasteiger partial charge is 0.396 e. The monoisotopic (exact) mass is 535 g/mol. The van der Waals surface area contributed by atoms with Gasteiger partial charge in [0, 0.05) is 27.8 Å². The van der Waals surface area contributed by atoms with Crippen LogP contribution < -0.4 is 0 Å². The van der Waals surface area contributed by atoms with Gasteiger partial charge in [-0.25, -0.2) is 14.6 Å². The Hall–Kier alpha value is -4.12. The highest BCUT2D eigenvalue weighted by atomic mass is 32.2. The first-order valence-corrected chi connectivity index (χ1v) is 11.5. The van der Waals surface area contributed by atoms with Gasteiger partial charge in [-0.05, 0) is 21.7 Å². The molecule has 1 fully saturated rings. The summed E-state index contributed by atoms with van der Waals surface area (Å²) in [6.45, 7) is 3.29. The molecule has 0 aliphatic carbocycles. The molecule has 37 heavy (non-hydrogen) atoms. The zero-order chi connectivity index (χ0) is 26.9. The van der Waals surface area contributed by atoms with E-state index in [1.165, 1.54) is 48.9 Å². The van der Waals surface area contributed by atoms with E-state index >= 15 is 0 Å². The topological polar surface area (TPSA) is 193 Å². The van der Waals surface area contributed by atoms with Crippen LogP contribution in [-0.2, 0) is 40.4 Å². The van der Waals surface area contributed by atoms with Gasteiger partial charge in [-0.2, -0.15) is 5.10 Å². The molecule has 3 aromatic heterocycles. The number of carbonyl (C=O) groups excluding carboxylic acids is 3. The number of imidazole rings is 1. The van der Waals surface area contributed by atoms with Crippen molar-refractivity contribution >= 4 is 46.5 Å². The molecule has 17 heteroatoms. The zero-order valence-corrected chi connectivity index (χ0v) is 20.8. The van der Waals surface area contributed by atoms with Crippen molar-refractivity contribution in [3.8, 4) is 0 Å². The molecule has 4 atom stereocenters. The number of aromatic nitrogens is 6. The molecule has 16 nitrogen and oxygen atoms in total. The van der Waals surface area contributed by atoms with Crippen LogP contribution in [0.4, 0.5) is 5.82 Å². The van der Waals surface area contributed by atoms with Gasteiger partial charge in [-0.3, -0.25) is 14.4 Å². The molecule has 0 amide bonds. The second-order valence-corrected chi connectivity index (χ2v) is 8.84. The third-order valence-corrected chi connectivity index (χ3v) is 6.35. The predicted molar refractivity (Wildman–Crippen MR) is 121 cm³/mol. The number of carbonyl (C=O) groups is 3. The molecule has 0 saturated carbocycles. The van der Waals surface area contributed by atoms with Crippen LogP contribution in [0.2, 0.25) is 0 Å². The number of nitrogens with zero attached hydrogens (tertiary/aromatic N) is 7. The summed E-state index contributed by atoms with van der Waals surface area (Å²) < 4.78 is 24.7. The fourth-order valence-electron chi connectivity index (χ4n) is 3.74. The summed E-state index contributed by atoms with van der Waals surface area (Å²) in [6, 6.07) is 0. The summed E-state index contributed by atoms with van der Waals surface area (Å²) in [4.78, 5) is 58.1. The first-order chi connectivity index (χ1) is 17.6. The highest BCUT2D eigenvalue weighted by Crippen LogP contribution is 2.39. The van der Waals surface area contributed by atoms with E-state index in [0.717, 1.165) is 11.8 Å².